The van der Waals surface area contributed by atoms with Gasteiger partial charge in [0.15, 0.2) is 0 Å². The lowest BCUT2D eigenvalue weighted by atomic mass is 10.1. The van der Waals surface area contributed by atoms with Crippen molar-refractivity contribution in [1.29, 1.82) is 0 Å². The van der Waals surface area contributed by atoms with Crippen LogP contribution in [0.1, 0.15) is 17.3 Å². The molecule has 82 valence electrons. The number of amides is 1. The Morgan fingerprint density at radius 1 is 1.47 bits per heavy atom. The molecule has 1 amide bonds. The minimum atomic E-state index is -0.234. The van der Waals surface area contributed by atoms with Gasteiger partial charge in [0.25, 0.3) is 5.91 Å². The molecule has 0 saturated carbocycles. The first-order valence-corrected chi connectivity index (χ1v) is 4.87. The molecule has 1 rings (SSSR count). The molecule has 0 spiro atoms. The SMILES string of the molecule is CNc1ccccc1C(=O)N[C@@H](C)CO. The summed E-state index contributed by atoms with van der Waals surface area (Å²) in [4.78, 5) is 11.7. The summed E-state index contributed by atoms with van der Waals surface area (Å²) in [6, 6.07) is 7.00. The van der Waals surface area contributed by atoms with Gasteiger partial charge in [-0.25, -0.2) is 0 Å². The quantitative estimate of drug-likeness (QED) is 0.687. The van der Waals surface area contributed by atoms with Gasteiger partial charge in [-0.1, -0.05) is 12.1 Å². The minimum Gasteiger partial charge on any atom is -0.394 e. The van der Waals surface area contributed by atoms with E-state index in [4.69, 9.17) is 5.11 Å². The van der Waals surface area contributed by atoms with Gasteiger partial charge < -0.3 is 15.7 Å². The van der Waals surface area contributed by atoms with Gasteiger partial charge in [0.05, 0.1) is 12.2 Å². The molecule has 0 aliphatic carbocycles. The first-order chi connectivity index (χ1) is 7.19. The molecule has 0 saturated heterocycles. The lowest BCUT2D eigenvalue weighted by Crippen LogP contribution is -2.35. The Morgan fingerprint density at radius 2 is 2.13 bits per heavy atom. The molecule has 0 fully saturated rings. The molecule has 0 aliphatic rings. The third kappa shape index (κ3) is 2.95. The van der Waals surface area contributed by atoms with Crippen LogP contribution in [-0.2, 0) is 0 Å². The third-order valence-corrected chi connectivity index (χ3v) is 2.09. The van der Waals surface area contributed by atoms with Crippen LogP contribution in [0.5, 0.6) is 0 Å². The number of rotatable bonds is 4. The maximum atomic E-state index is 11.7. The smallest absolute Gasteiger partial charge is 0.253 e. The maximum Gasteiger partial charge on any atom is 0.253 e. The van der Waals surface area contributed by atoms with E-state index in [0.29, 0.717) is 5.56 Å². The van der Waals surface area contributed by atoms with Crippen LogP contribution in [-0.4, -0.2) is 30.7 Å². The molecule has 3 N–H and O–H groups in total. The topological polar surface area (TPSA) is 61.4 Å². The molecule has 4 nitrogen and oxygen atoms in total. The van der Waals surface area contributed by atoms with E-state index in [9.17, 15) is 4.79 Å². The van der Waals surface area contributed by atoms with Gasteiger partial charge in [-0.3, -0.25) is 4.79 Å². The Morgan fingerprint density at radius 3 is 2.73 bits per heavy atom. The van der Waals surface area contributed by atoms with Crippen molar-refractivity contribution in [2.24, 2.45) is 0 Å². The van der Waals surface area contributed by atoms with E-state index < -0.39 is 0 Å². The maximum absolute atomic E-state index is 11.7. The monoisotopic (exact) mass is 208 g/mol. The van der Waals surface area contributed by atoms with Crippen molar-refractivity contribution in [3.63, 3.8) is 0 Å². The summed E-state index contributed by atoms with van der Waals surface area (Å²) in [5.74, 6) is -0.179. The van der Waals surface area contributed by atoms with Crippen LogP contribution >= 0.6 is 0 Å². The number of aliphatic hydroxyl groups excluding tert-OH is 1. The predicted molar refractivity (Wildman–Crippen MR) is 60.0 cm³/mol. The minimum absolute atomic E-state index is 0.0620. The molecule has 0 unspecified atom stereocenters. The van der Waals surface area contributed by atoms with E-state index in [1.165, 1.54) is 0 Å². The van der Waals surface area contributed by atoms with Crippen LogP contribution in [0.25, 0.3) is 0 Å². The van der Waals surface area contributed by atoms with Gasteiger partial charge >= 0.3 is 0 Å². The van der Waals surface area contributed by atoms with E-state index in [0.717, 1.165) is 5.69 Å². The summed E-state index contributed by atoms with van der Waals surface area (Å²) < 4.78 is 0. The zero-order valence-electron chi connectivity index (χ0n) is 8.95. The molecule has 4 heteroatoms. The van der Waals surface area contributed by atoms with E-state index >= 15 is 0 Å². The number of carbonyl (C=O) groups excluding carboxylic acids is 1. The highest BCUT2D eigenvalue weighted by molar-refractivity contribution is 5.99. The number of para-hydroxylation sites is 1. The molecule has 0 bridgehead atoms. The second-order valence-corrected chi connectivity index (χ2v) is 3.35. The van der Waals surface area contributed by atoms with E-state index in [1.54, 1.807) is 26.1 Å². The van der Waals surface area contributed by atoms with Gasteiger partial charge in [0.2, 0.25) is 0 Å². The van der Waals surface area contributed by atoms with Gasteiger partial charge in [0, 0.05) is 18.8 Å². The summed E-state index contributed by atoms with van der Waals surface area (Å²) >= 11 is 0. The van der Waals surface area contributed by atoms with E-state index in [2.05, 4.69) is 10.6 Å². The van der Waals surface area contributed by atoms with Crippen molar-refractivity contribution in [1.82, 2.24) is 5.32 Å². The zero-order valence-corrected chi connectivity index (χ0v) is 8.95. The van der Waals surface area contributed by atoms with E-state index in [-0.39, 0.29) is 18.6 Å². The molecular weight excluding hydrogens is 192 g/mol. The van der Waals surface area contributed by atoms with Crippen molar-refractivity contribution in [2.75, 3.05) is 19.0 Å². The average Bonchev–Trinajstić information content (AvgIpc) is 2.28. The van der Waals surface area contributed by atoms with Crippen LogP contribution in [0.2, 0.25) is 0 Å². The fourth-order valence-electron chi connectivity index (χ4n) is 1.25. The number of hydrogen-bond acceptors (Lipinski definition) is 3. The Hall–Kier alpha value is -1.55. The number of carbonyl (C=O) groups is 1. The zero-order chi connectivity index (χ0) is 11.3. The van der Waals surface area contributed by atoms with Gasteiger partial charge in [-0.15, -0.1) is 0 Å². The lowest BCUT2D eigenvalue weighted by Gasteiger charge is -2.13. The largest absolute Gasteiger partial charge is 0.394 e. The summed E-state index contributed by atoms with van der Waals surface area (Å²) in [6.45, 7) is 1.69. The summed E-state index contributed by atoms with van der Waals surface area (Å²) in [5, 5.41) is 14.5. The highest BCUT2D eigenvalue weighted by atomic mass is 16.3. The van der Waals surface area contributed by atoms with Crippen LogP contribution in [0.3, 0.4) is 0 Å². The highest BCUT2D eigenvalue weighted by Gasteiger charge is 2.11. The molecule has 0 aromatic heterocycles. The second kappa shape index (κ2) is 5.36. The highest BCUT2D eigenvalue weighted by Crippen LogP contribution is 2.13. The fraction of sp³-hybridized carbons (Fsp3) is 0.364. The van der Waals surface area contributed by atoms with Crippen LogP contribution in [0.15, 0.2) is 24.3 Å². The van der Waals surface area contributed by atoms with Gasteiger partial charge in [-0.2, -0.15) is 0 Å². The predicted octanol–water partition coefficient (Wildman–Crippen LogP) is 0.839. The third-order valence-electron chi connectivity index (χ3n) is 2.09. The summed E-state index contributed by atoms with van der Waals surface area (Å²) in [7, 11) is 1.77. The molecule has 0 radical (unpaired) electrons. The van der Waals surface area contributed by atoms with Crippen molar-refractivity contribution in [3.05, 3.63) is 29.8 Å². The summed E-state index contributed by atoms with van der Waals surface area (Å²) in [5.41, 5.74) is 1.36. The number of aliphatic hydroxyl groups is 1. The van der Waals surface area contributed by atoms with Crippen LogP contribution < -0.4 is 10.6 Å². The Kier molecular flexibility index (Phi) is 4.12. The Bertz CT molecular complexity index is 339. The fourth-order valence-corrected chi connectivity index (χ4v) is 1.25. The van der Waals surface area contributed by atoms with Crippen molar-refractivity contribution in [3.8, 4) is 0 Å². The average molecular weight is 208 g/mol. The molecule has 0 aliphatic heterocycles. The first kappa shape index (κ1) is 11.5. The van der Waals surface area contributed by atoms with Crippen molar-refractivity contribution >= 4 is 11.6 Å². The summed E-state index contributed by atoms with van der Waals surface area (Å²) in [6.07, 6.45) is 0. The number of benzene rings is 1. The van der Waals surface area contributed by atoms with Crippen LogP contribution in [0.4, 0.5) is 5.69 Å². The second-order valence-electron chi connectivity index (χ2n) is 3.35. The molecule has 1 aromatic rings. The number of hydrogen-bond donors (Lipinski definition) is 3. The van der Waals surface area contributed by atoms with Gasteiger partial charge in [-0.05, 0) is 19.1 Å². The first-order valence-electron chi connectivity index (χ1n) is 4.87. The Labute approximate surface area is 89.3 Å². The standard InChI is InChI=1S/C11H16N2O2/c1-8(7-14)13-11(15)9-5-3-4-6-10(9)12-2/h3-6,8,12,14H,7H2,1-2H3,(H,13,15)/t8-/m0/s1. The molecule has 15 heavy (non-hydrogen) atoms. The normalized spacial score (nSPS) is 11.9. The van der Waals surface area contributed by atoms with Crippen molar-refractivity contribution in [2.45, 2.75) is 13.0 Å². The van der Waals surface area contributed by atoms with Crippen LogP contribution in [0, 0.1) is 0 Å². The molecule has 1 atom stereocenters. The van der Waals surface area contributed by atoms with E-state index in [1.807, 2.05) is 12.1 Å². The lowest BCUT2D eigenvalue weighted by molar-refractivity contribution is 0.0923. The molecular formula is C11H16N2O2. The number of anilines is 1. The molecule has 0 heterocycles. The van der Waals surface area contributed by atoms with Gasteiger partial charge in [0.1, 0.15) is 0 Å². The molecule has 1 aromatic carbocycles. The van der Waals surface area contributed by atoms with Crippen molar-refractivity contribution < 1.29 is 9.90 Å². The number of nitrogens with one attached hydrogen (secondary N) is 2. The Balaban J connectivity index is 2.81.